The third kappa shape index (κ3) is 7.85. The predicted octanol–water partition coefficient (Wildman–Crippen LogP) is 3.22. The molecule has 0 aliphatic carbocycles. The number of hydrogen-bond donors (Lipinski definition) is 3. The number of benzene rings is 1. The summed E-state index contributed by atoms with van der Waals surface area (Å²) < 4.78 is 19.3. The monoisotopic (exact) mass is 381 g/mol. The van der Waals surface area contributed by atoms with Crippen molar-refractivity contribution in [3.05, 3.63) is 30.1 Å². The van der Waals surface area contributed by atoms with E-state index in [4.69, 9.17) is 4.74 Å². The second kappa shape index (κ2) is 10.1. The molecule has 3 atom stereocenters. The molecule has 3 N–H and O–H groups in total. The Morgan fingerprint density at radius 1 is 1.11 bits per heavy atom. The fraction of sp³-hybridized carbons (Fsp3) is 0.600. The van der Waals surface area contributed by atoms with E-state index in [1.165, 1.54) is 12.1 Å². The Labute approximate surface area is 161 Å². The van der Waals surface area contributed by atoms with E-state index in [9.17, 15) is 14.0 Å². The number of rotatable bonds is 8. The zero-order chi connectivity index (χ0) is 20.6. The van der Waals surface area contributed by atoms with Gasteiger partial charge in [-0.15, -0.1) is 0 Å². The number of amides is 3. The summed E-state index contributed by atoms with van der Waals surface area (Å²) in [5.41, 5.74) is -0.329. The minimum atomic E-state index is -0.674. The van der Waals surface area contributed by atoms with Crippen LogP contribution < -0.4 is 20.7 Å². The largest absolute Gasteiger partial charge is 0.488 e. The maximum atomic E-state index is 13.7. The highest BCUT2D eigenvalue weighted by molar-refractivity contribution is 5.86. The summed E-state index contributed by atoms with van der Waals surface area (Å²) in [6.07, 6.45) is 0.810. The van der Waals surface area contributed by atoms with Gasteiger partial charge in [-0.3, -0.25) is 4.79 Å². The summed E-state index contributed by atoms with van der Waals surface area (Å²) in [6.45, 7) is 11.4. The fourth-order valence-corrected chi connectivity index (χ4v) is 2.18. The van der Waals surface area contributed by atoms with Crippen molar-refractivity contribution in [2.75, 3.05) is 6.61 Å². The maximum absolute atomic E-state index is 13.7. The lowest BCUT2D eigenvalue weighted by atomic mass is 9.87. The second-order valence-electron chi connectivity index (χ2n) is 7.82. The zero-order valence-electron chi connectivity index (χ0n) is 17.1. The van der Waals surface area contributed by atoms with Crippen molar-refractivity contribution < 1.29 is 18.7 Å². The van der Waals surface area contributed by atoms with Gasteiger partial charge in [-0.05, 0) is 37.8 Å². The first-order valence-corrected chi connectivity index (χ1v) is 9.29. The van der Waals surface area contributed by atoms with Crippen LogP contribution in [0.1, 0.15) is 48.0 Å². The van der Waals surface area contributed by atoms with Gasteiger partial charge in [0, 0.05) is 6.04 Å². The molecule has 0 aliphatic rings. The normalized spacial score (nSPS) is 14.6. The molecule has 6 nitrogen and oxygen atoms in total. The Morgan fingerprint density at radius 3 is 2.30 bits per heavy atom. The van der Waals surface area contributed by atoms with Crippen LogP contribution in [-0.2, 0) is 4.79 Å². The van der Waals surface area contributed by atoms with Crippen LogP contribution >= 0.6 is 0 Å². The summed E-state index contributed by atoms with van der Waals surface area (Å²) in [5, 5.41) is 8.28. The maximum Gasteiger partial charge on any atom is 0.315 e. The van der Waals surface area contributed by atoms with E-state index in [1.807, 2.05) is 34.6 Å². The Hall–Kier alpha value is -2.31. The van der Waals surface area contributed by atoms with Gasteiger partial charge in [0.25, 0.3) is 0 Å². The molecule has 1 rings (SSSR count). The van der Waals surface area contributed by atoms with Crippen LogP contribution in [0.15, 0.2) is 24.3 Å². The highest BCUT2D eigenvalue weighted by atomic mass is 19.1. The minimum absolute atomic E-state index is 0.0429. The van der Waals surface area contributed by atoms with Crippen molar-refractivity contribution in [2.45, 2.75) is 66.1 Å². The van der Waals surface area contributed by atoms with E-state index in [2.05, 4.69) is 16.0 Å². The Bertz CT molecular complexity index is 631. The van der Waals surface area contributed by atoms with Crippen LogP contribution in [0.5, 0.6) is 5.75 Å². The van der Waals surface area contributed by atoms with E-state index in [0.29, 0.717) is 0 Å². The van der Waals surface area contributed by atoms with Crippen molar-refractivity contribution in [3.63, 3.8) is 0 Å². The van der Waals surface area contributed by atoms with Gasteiger partial charge in [0.05, 0.1) is 6.04 Å². The number of para-hydroxylation sites is 1. The second-order valence-corrected chi connectivity index (χ2v) is 7.82. The molecule has 0 bridgehead atoms. The molecule has 0 fully saturated rings. The predicted molar refractivity (Wildman–Crippen MR) is 104 cm³/mol. The van der Waals surface area contributed by atoms with E-state index >= 15 is 0 Å². The number of nitrogens with one attached hydrogen (secondary N) is 3. The van der Waals surface area contributed by atoms with Crippen molar-refractivity contribution in [1.82, 2.24) is 16.0 Å². The minimum Gasteiger partial charge on any atom is -0.488 e. The van der Waals surface area contributed by atoms with E-state index < -0.39 is 17.9 Å². The van der Waals surface area contributed by atoms with Crippen LogP contribution in [0.25, 0.3) is 0 Å². The third-order valence-corrected chi connectivity index (χ3v) is 4.33. The first-order valence-electron chi connectivity index (χ1n) is 9.29. The molecular formula is C20H32FN3O3. The number of urea groups is 1. The van der Waals surface area contributed by atoms with Gasteiger partial charge in [0.1, 0.15) is 12.6 Å². The molecule has 0 radical (unpaired) electrons. The van der Waals surface area contributed by atoms with Crippen LogP contribution in [0.2, 0.25) is 0 Å². The van der Waals surface area contributed by atoms with Crippen molar-refractivity contribution in [3.8, 4) is 5.75 Å². The number of halogens is 1. The molecule has 0 saturated carbocycles. The number of ether oxygens (including phenoxy) is 1. The molecule has 0 aromatic heterocycles. The first kappa shape index (κ1) is 22.7. The zero-order valence-corrected chi connectivity index (χ0v) is 17.1. The Balaban J connectivity index is 2.64. The number of hydrogen-bond acceptors (Lipinski definition) is 3. The summed E-state index contributed by atoms with van der Waals surface area (Å²) in [4.78, 5) is 24.4. The van der Waals surface area contributed by atoms with Gasteiger partial charge < -0.3 is 20.7 Å². The molecule has 1 aromatic carbocycles. The molecule has 0 spiro atoms. The molecule has 0 saturated heterocycles. The molecule has 3 amide bonds. The van der Waals surface area contributed by atoms with Gasteiger partial charge in [-0.1, -0.05) is 39.8 Å². The van der Waals surface area contributed by atoms with Gasteiger partial charge in [-0.2, -0.15) is 0 Å². The van der Waals surface area contributed by atoms with E-state index in [1.54, 1.807) is 19.1 Å². The molecule has 7 heteroatoms. The van der Waals surface area contributed by atoms with E-state index in [-0.39, 0.29) is 35.8 Å². The van der Waals surface area contributed by atoms with Gasteiger partial charge >= 0.3 is 6.03 Å². The van der Waals surface area contributed by atoms with Crippen LogP contribution in [-0.4, -0.2) is 36.7 Å². The molecule has 152 valence electrons. The lowest BCUT2D eigenvalue weighted by molar-refractivity contribution is -0.123. The molecule has 0 aliphatic heterocycles. The number of carbonyl (C=O) groups excluding carboxylic acids is 2. The van der Waals surface area contributed by atoms with Gasteiger partial charge in [0.15, 0.2) is 11.6 Å². The highest BCUT2D eigenvalue weighted by Crippen LogP contribution is 2.22. The summed E-state index contributed by atoms with van der Waals surface area (Å²) in [6, 6.07) is 4.63. The molecular weight excluding hydrogens is 349 g/mol. The van der Waals surface area contributed by atoms with Crippen molar-refractivity contribution >= 4 is 11.9 Å². The molecule has 0 heterocycles. The van der Waals surface area contributed by atoms with Gasteiger partial charge in [0.2, 0.25) is 5.91 Å². The van der Waals surface area contributed by atoms with Crippen LogP contribution in [0.3, 0.4) is 0 Å². The average molecular weight is 381 g/mol. The number of carbonyl (C=O) groups is 2. The lowest BCUT2D eigenvalue weighted by Gasteiger charge is -2.31. The van der Waals surface area contributed by atoms with Crippen LogP contribution in [0, 0.1) is 11.2 Å². The van der Waals surface area contributed by atoms with Crippen molar-refractivity contribution in [2.24, 2.45) is 5.41 Å². The first-order chi connectivity index (χ1) is 12.5. The topological polar surface area (TPSA) is 79.5 Å². The van der Waals surface area contributed by atoms with E-state index in [0.717, 1.165) is 6.42 Å². The summed E-state index contributed by atoms with van der Waals surface area (Å²) in [5.74, 6) is -0.561. The third-order valence-electron chi connectivity index (χ3n) is 4.33. The standard InChI is InChI=1S/C20H32FN3O3/c1-7-13(2)22-18(25)14(3)23-19(26)24-17(20(4,5)6)12-27-16-11-9-8-10-15(16)21/h8-11,13-14,17H,7,12H2,1-6H3,(H,22,25)(H2,23,24,26). The Morgan fingerprint density at radius 2 is 1.74 bits per heavy atom. The fourth-order valence-electron chi connectivity index (χ4n) is 2.18. The SMILES string of the molecule is CCC(C)NC(=O)C(C)NC(=O)NC(COc1ccccc1F)C(C)(C)C. The van der Waals surface area contributed by atoms with Crippen molar-refractivity contribution in [1.29, 1.82) is 0 Å². The molecule has 3 unspecified atom stereocenters. The Kier molecular flexibility index (Phi) is 8.53. The van der Waals surface area contributed by atoms with Gasteiger partial charge in [-0.25, -0.2) is 9.18 Å². The lowest BCUT2D eigenvalue weighted by Crippen LogP contribution is -2.55. The molecule has 27 heavy (non-hydrogen) atoms. The molecule has 1 aromatic rings. The quantitative estimate of drug-likeness (QED) is 0.647. The summed E-state index contributed by atoms with van der Waals surface area (Å²) in [7, 11) is 0. The highest BCUT2D eigenvalue weighted by Gasteiger charge is 2.28. The average Bonchev–Trinajstić information content (AvgIpc) is 2.58. The smallest absolute Gasteiger partial charge is 0.315 e. The summed E-state index contributed by atoms with van der Waals surface area (Å²) >= 11 is 0. The van der Waals surface area contributed by atoms with Crippen LogP contribution in [0.4, 0.5) is 9.18 Å².